The summed E-state index contributed by atoms with van der Waals surface area (Å²) < 4.78 is 5.53. The van der Waals surface area contributed by atoms with Crippen molar-refractivity contribution in [1.29, 1.82) is 0 Å². The van der Waals surface area contributed by atoms with E-state index >= 15 is 0 Å². The molecule has 0 aromatic heterocycles. The lowest BCUT2D eigenvalue weighted by molar-refractivity contribution is -0.125. The van der Waals surface area contributed by atoms with Gasteiger partial charge in [-0.3, -0.25) is 9.59 Å². The SMILES string of the molecule is Cc1cccc(NC(=O)CNC(=O)COc2ccc3c(c2)CCC3)c1C. The van der Waals surface area contributed by atoms with Gasteiger partial charge >= 0.3 is 0 Å². The Hall–Kier alpha value is -2.82. The third kappa shape index (κ3) is 4.42. The maximum atomic E-state index is 12.0. The summed E-state index contributed by atoms with van der Waals surface area (Å²) in [6.45, 7) is 3.76. The fraction of sp³-hybridized carbons (Fsp3) is 0.333. The maximum Gasteiger partial charge on any atom is 0.258 e. The molecule has 5 nitrogen and oxygen atoms in total. The fourth-order valence-corrected chi connectivity index (χ4v) is 3.10. The largest absolute Gasteiger partial charge is 0.484 e. The molecule has 26 heavy (non-hydrogen) atoms. The minimum atomic E-state index is -0.318. The Morgan fingerprint density at radius 1 is 1.04 bits per heavy atom. The van der Waals surface area contributed by atoms with Gasteiger partial charge < -0.3 is 15.4 Å². The van der Waals surface area contributed by atoms with Gasteiger partial charge in [-0.05, 0) is 73.6 Å². The first-order valence-corrected chi connectivity index (χ1v) is 8.90. The van der Waals surface area contributed by atoms with E-state index in [1.807, 2.05) is 44.2 Å². The highest BCUT2D eigenvalue weighted by molar-refractivity contribution is 5.95. The summed E-state index contributed by atoms with van der Waals surface area (Å²) in [6.07, 6.45) is 3.36. The Kier molecular flexibility index (Phi) is 5.56. The number of fused-ring (bicyclic) bond motifs is 1. The van der Waals surface area contributed by atoms with Crippen LogP contribution in [0.25, 0.3) is 0 Å². The summed E-state index contributed by atoms with van der Waals surface area (Å²) >= 11 is 0. The zero-order chi connectivity index (χ0) is 18.5. The molecule has 2 N–H and O–H groups in total. The lowest BCUT2D eigenvalue weighted by atomic mass is 10.1. The van der Waals surface area contributed by atoms with Crippen LogP contribution in [0.3, 0.4) is 0 Å². The molecular formula is C21H24N2O3. The molecule has 1 aliphatic rings. The fourth-order valence-electron chi connectivity index (χ4n) is 3.10. The number of hydrogen-bond acceptors (Lipinski definition) is 3. The summed E-state index contributed by atoms with van der Waals surface area (Å²) in [5.74, 6) is 0.117. The first kappa shape index (κ1) is 18.0. The van der Waals surface area contributed by atoms with Crippen molar-refractivity contribution in [3.05, 3.63) is 58.7 Å². The van der Waals surface area contributed by atoms with E-state index in [1.54, 1.807) is 0 Å². The van der Waals surface area contributed by atoms with E-state index < -0.39 is 0 Å². The average molecular weight is 352 g/mol. The molecule has 0 heterocycles. The summed E-state index contributed by atoms with van der Waals surface area (Å²) in [5, 5.41) is 5.40. The van der Waals surface area contributed by atoms with Crippen LogP contribution in [0.4, 0.5) is 5.69 Å². The van der Waals surface area contributed by atoms with E-state index in [0.717, 1.165) is 29.7 Å². The van der Waals surface area contributed by atoms with Gasteiger partial charge in [-0.15, -0.1) is 0 Å². The molecule has 0 fully saturated rings. The monoisotopic (exact) mass is 352 g/mol. The number of rotatable bonds is 6. The summed E-state index contributed by atoms with van der Waals surface area (Å²) in [7, 11) is 0. The van der Waals surface area contributed by atoms with Crippen LogP contribution in [-0.2, 0) is 22.4 Å². The molecule has 2 amide bonds. The van der Waals surface area contributed by atoms with Gasteiger partial charge in [-0.25, -0.2) is 0 Å². The number of amides is 2. The molecule has 0 aliphatic heterocycles. The van der Waals surface area contributed by atoms with Gasteiger partial charge in [0.05, 0.1) is 6.54 Å². The standard InChI is InChI=1S/C21H24N2O3/c1-14-5-3-8-19(15(14)2)23-20(24)12-22-21(25)13-26-18-10-9-16-6-4-7-17(16)11-18/h3,5,8-11H,4,6-7,12-13H2,1-2H3,(H,22,25)(H,23,24). The molecule has 2 aromatic carbocycles. The van der Waals surface area contributed by atoms with Crippen LogP contribution >= 0.6 is 0 Å². The van der Waals surface area contributed by atoms with E-state index in [1.165, 1.54) is 17.5 Å². The van der Waals surface area contributed by atoms with Gasteiger partial charge in [0.2, 0.25) is 5.91 Å². The molecule has 5 heteroatoms. The number of hydrogen-bond donors (Lipinski definition) is 2. The number of aryl methyl sites for hydroxylation is 3. The van der Waals surface area contributed by atoms with Crippen LogP contribution < -0.4 is 15.4 Å². The van der Waals surface area contributed by atoms with E-state index in [2.05, 4.69) is 16.7 Å². The average Bonchev–Trinajstić information content (AvgIpc) is 3.10. The lowest BCUT2D eigenvalue weighted by Gasteiger charge is -2.11. The molecule has 0 saturated heterocycles. The van der Waals surface area contributed by atoms with Crippen molar-refractivity contribution in [3.63, 3.8) is 0 Å². The molecule has 3 rings (SSSR count). The number of anilines is 1. The van der Waals surface area contributed by atoms with Gasteiger partial charge in [-0.2, -0.15) is 0 Å². The number of carbonyl (C=O) groups is 2. The van der Waals surface area contributed by atoms with Crippen LogP contribution in [-0.4, -0.2) is 25.0 Å². The second kappa shape index (κ2) is 8.04. The molecule has 136 valence electrons. The number of ether oxygens (including phenoxy) is 1. The third-order valence-electron chi connectivity index (χ3n) is 4.76. The molecule has 0 spiro atoms. The van der Waals surface area contributed by atoms with Crippen LogP contribution in [0.15, 0.2) is 36.4 Å². The Labute approximate surface area is 153 Å². The Morgan fingerprint density at radius 3 is 2.69 bits per heavy atom. The Balaban J connectivity index is 1.43. The minimum Gasteiger partial charge on any atom is -0.484 e. The zero-order valence-electron chi connectivity index (χ0n) is 15.2. The van der Waals surface area contributed by atoms with E-state index in [9.17, 15) is 9.59 Å². The van der Waals surface area contributed by atoms with Gasteiger partial charge in [-0.1, -0.05) is 18.2 Å². The lowest BCUT2D eigenvalue weighted by Crippen LogP contribution is -2.35. The van der Waals surface area contributed by atoms with E-state index in [4.69, 9.17) is 4.74 Å². The Morgan fingerprint density at radius 2 is 1.85 bits per heavy atom. The van der Waals surface area contributed by atoms with Crippen LogP contribution in [0.1, 0.15) is 28.7 Å². The highest BCUT2D eigenvalue weighted by atomic mass is 16.5. The van der Waals surface area contributed by atoms with E-state index in [-0.39, 0.29) is 25.0 Å². The summed E-state index contributed by atoms with van der Waals surface area (Å²) in [5.41, 5.74) is 5.56. The van der Waals surface area contributed by atoms with Crippen molar-refractivity contribution in [2.45, 2.75) is 33.1 Å². The zero-order valence-corrected chi connectivity index (χ0v) is 15.2. The van der Waals surface area contributed by atoms with Crippen molar-refractivity contribution < 1.29 is 14.3 Å². The molecule has 0 bridgehead atoms. The first-order valence-electron chi connectivity index (χ1n) is 8.90. The predicted molar refractivity (Wildman–Crippen MR) is 102 cm³/mol. The van der Waals surface area contributed by atoms with Crippen molar-refractivity contribution in [1.82, 2.24) is 5.32 Å². The Bertz CT molecular complexity index is 830. The number of benzene rings is 2. The van der Waals surface area contributed by atoms with Crippen molar-refractivity contribution in [3.8, 4) is 5.75 Å². The van der Waals surface area contributed by atoms with Gasteiger partial charge in [0, 0.05) is 5.69 Å². The smallest absolute Gasteiger partial charge is 0.258 e. The second-order valence-electron chi connectivity index (χ2n) is 6.65. The molecular weight excluding hydrogens is 328 g/mol. The summed E-state index contributed by atoms with van der Waals surface area (Å²) in [6, 6.07) is 11.7. The maximum absolute atomic E-state index is 12.0. The predicted octanol–water partition coefficient (Wildman–Crippen LogP) is 2.93. The van der Waals surface area contributed by atoms with Crippen LogP contribution in [0.2, 0.25) is 0 Å². The molecule has 1 aliphatic carbocycles. The van der Waals surface area contributed by atoms with E-state index in [0.29, 0.717) is 5.75 Å². The molecule has 0 radical (unpaired) electrons. The van der Waals surface area contributed by atoms with Gasteiger partial charge in [0.25, 0.3) is 5.91 Å². The molecule has 2 aromatic rings. The topological polar surface area (TPSA) is 67.4 Å². The normalized spacial score (nSPS) is 12.4. The molecule has 0 saturated carbocycles. The first-order chi connectivity index (χ1) is 12.5. The van der Waals surface area contributed by atoms with Crippen molar-refractivity contribution >= 4 is 17.5 Å². The highest BCUT2D eigenvalue weighted by Crippen LogP contribution is 2.25. The van der Waals surface area contributed by atoms with Crippen molar-refractivity contribution in [2.75, 3.05) is 18.5 Å². The van der Waals surface area contributed by atoms with Crippen LogP contribution in [0.5, 0.6) is 5.75 Å². The summed E-state index contributed by atoms with van der Waals surface area (Å²) in [4.78, 5) is 23.9. The molecule has 0 unspecified atom stereocenters. The second-order valence-corrected chi connectivity index (χ2v) is 6.65. The molecule has 0 atom stereocenters. The minimum absolute atomic E-state index is 0.0836. The highest BCUT2D eigenvalue weighted by Gasteiger charge is 2.12. The number of nitrogens with one attached hydrogen (secondary N) is 2. The third-order valence-corrected chi connectivity index (χ3v) is 4.76. The van der Waals surface area contributed by atoms with Crippen LogP contribution in [0, 0.1) is 13.8 Å². The quantitative estimate of drug-likeness (QED) is 0.840. The van der Waals surface area contributed by atoms with Gasteiger partial charge in [0.1, 0.15) is 5.75 Å². The van der Waals surface area contributed by atoms with Crippen molar-refractivity contribution in [2.24, 2.45) is 0 Å². The van der Waals surface area contributed by atoms with Gasteiger partial charge in [0.15, 0.2) is 6.61 Å². The number of carbonyl (C=O) groups excluding carboxylic acids is 2.